The Bertz CT molecular complexity index is 204. The first-order chi connectivity index (χ1) is 7.39. The SMILES string of the molecule is CN(C)CCOC1(CN)CCC(C)(C)CC1. The van der Waals surface area contributed by atoms with E-state index in [0.29, 0.717) is 12.0 Å². The lowest BCUT2D eigenvalue weighted by atomic mass is 9.71. The van der Waals surface area contributed by atoms with Crippen LogP contribution in [0.25, 0.3) is 0 Å². The summed E-state index contributed by atoms with van der Waals surface area (Å²) in [6.07, 6.45) is 4.69. The molecular formula is C13H28N2O. The zero-order chi connectivity index (χ0) is 12.2. The summed E-state index contributed by atoms with van der Waals surface area (Å²) in [7, 11) is 4.14. The van der Waals surface area contributed by atoms with Crippen LogP contribution in [0, 0.1) is 5.41 Å². The molecule has 3 nitrogen and oxygen atoms in total. The van der Waals surface area contributed by atoms with Gasteiger partial charge in [-0.2, -0.15) is 0 Å². The molecule has 0 unspecified atom stereocenters. The molecule has 0 amide bonds. The van der Waals surface area contributed by atoms with E-state index in [9.17, 15) is 0 Å². The van der Waals surface area contributed by atoms with Gasteiger partial charge < -0.3 is 15.4 Å². The number of likely N-dealkylation sites (N-methyl/N-ethyl adjacent to an activating group) is 1. The van der Waals surface area contributed by atoms with Crippen LogP contribution >= 0.6 is 0 Å². The second kappa shape index (κ2) is 5.48. The number of ether oxygens (including phenoxy) is 1. The van der Waals surface area contributed by atoms with Gasteiger partial charge in [0, 0.05) is 13.1 Å². The predicted molar refractivity (Wildman–Crippen MR) is 68.5 cm³/mol. The van der Waals surface area contributed by atoms with Gasteiger partial charge in [-0.15, -0.1) is 0 Å². The molecule has 2 N–H and O–H groups in total. The summed E-state index contributed by atoms with van der Waals surface area (Å²) < 4.78 is 6.06. The molecule has 0 saturated heterocycles. The van der Waals surface area contributed by atoms with Crippen LogP contribution in [-0.2, 0) is 4.74 Å². The van der Waals surface area contributed by atoms with Crippen molar-refractivity contribution in [2.45, 2.75) is 45.1 Å². The lowest BCUT2D eigenvalue weighted by Gasteiger charge is -2.43. The molecule has 1 rings (SSSR count). The maximum atomic E-state index is 6.06. The van der Waals surface area contributed by atoms with Crippen molar-refractivity contribution < 1.29 is 4.74 Å². The molecule has 16 heavy (non-hydrogen) atoms. The van der Waals surface area contributed by atoms with Crippen LogP contribution in [0.4, 0.5) is 0 Å². The second-order valence-electron chi connectivity index (χ2n) is 6.20. The van der Waals surface area contributed by atoms with Crippen molar-refractivity contribution in [1.82, 2.24) is 4.90 Å². The number of hydrogen-bond donors (Lipinski definition) is 1. The highest BCUT2D eigenvalue weighted by atomic mass is 16.5. The molecule has 0 heterocycles. The molecule has 3 heteroatoms. The summed E-state index contributed by atoms with van der Waals surface area (Å²) in [5.74, 6) is 0. The van der Waals surface area contributed by atoms with E-state index in [1.807, 2.05) is 0 Å². The minimum Gasteiger partial charge on any atom is -0.372 e. The lowest BCUT2D eigenvalue weighted by molar-refractivity contribution is -0.0838. The lowest BCUT2D eigenvalue weighted by Crippen LogP contribution is -2.46. The summed E-state index contributed by atoms with van der Waals surface area (Å²) in [6, 6.07) is 0. The molecule has 96 valence electrons. The largest absolute Gasteiger partial charge is 0.372 e. The van der Waals surface area contributed by atoms with E-state index >= 15 is 0 Å². The van der Waals surface area contributed by atoms with E-state index in [1.54, 1.807) is 0 Å². The molecule has 0 aromatic rings. The molecule has 0 aromatic carbocycles. The Morgan fingerprint density at radius 3 is 2.12 bits per heavy atom. The van der Waals surface area contributed by atoms with Crippen molar-refractivity contribution in [2.24, 2.45) is 11.1 Å². The number of hydrogen-bond acceptors (Lipinski definition) is 3. The van der Waals surface area contributed by atoms with Crippen LogP contribution in [-0.4, -0.2) is 44.3 Å². The highest BCUT2D eigenvalue weighted by Crippen LogP contribution is 2.41. The summed E-state index contributed by atoms with van der Waals surface area (Å²) >= 11 is 0. The van der Waals surface area contributed by atoms with Crippen molar-refractivity contribution in [1.29, 1.82) is 0 Å². The van der Waals surface area contributed by atoms with Gasteiger partial charge in [-0.1, -0.05) is 13.8 Å². The Balaban J connectivity index is 2.40. The minimum absolute atomic E-state index is 0.0362. The zero-order valence-corrected chi connectivity index (χ0v) is 11.4. The molecule has 0 spiro atoms. The van der Waals surface area contributed by atoms with Gasteiger partial charge in [-0.3, -0.25) is 0 Å². The fourth-order valence-corrected chi connectivity index (χ4v) is 2.23. The highest BCUT2D eigenvalue weighted by Gasteiger charge is 2.37. The van der Waals surface area contributed by atoms with Gasteiger partial charge in [0.05, 0.1) is 12.2 Å². The molecule has 0 bridgehead atoms. The summed E-state index contributed by atoms with van der Waals surface area (Å²) in [6.45, 7) is 7.12. The standard InChI is InChI=1S/C13H28N2O/c1-12(2)5-7-13(11-14,8-6-12)16-10-9-15(3)4/h5-11,14H2,1-4H3. The van der Waals surface area contributed by atoms with E-state index in [-0.39, 0.29) is 5.60 Å². The smallest absolute Gasteiger partial charge is 0.0805 e. The van der Waals surface area contributed by atoms with Crippen LogP contribution in [0.1, 0.15) is 39.5 Å². The third-order valence-electron chi connectivity index (χ3n) is 3.83. The fourth-order valence-electron chi connectivity index (χ4n) is 2.23. The average molecular weight is 228 g/mol. The Kier molecular flexibility index (Phi) is 4.77. The van der Waals surface area contributed by atoms with E-state index in [0.717, 1.165) is 26.0 Å². The molecule has 0 radical (unpaired) electrons. The third-order valence-corrected chi connectivity index (χ3v) is 3.83. The average Bonchev–Trinajstić information content (AvgIpc) is 2.21. The summed E-state index contributed by atoms with van der Waals surface area (Å²) in [4.78, 5) is 2.15. The Morgan fingerprint density at radius 1 is 1.12 bits per heavy atom. The minimum atomic E-state index is -0.0362. The Hall–Kier alpha value is -0.120. The van der Waals surface area contributed by atoms with Gasteiger partial charge in [-0.05, 0) is 45.2 Å². The van der Waals surface area contributed by atoms with Crippen molar-refractivity contribution >= 4 is 0 Å². The summed E-state index contributed by atoms with van der Waals surface area (Å²) in [5, 5.41) is 0. The first kappa shape index (κ1) is 13.9. The first-order valence-electron chi connectivity index (χ1n) is 6.38. The monoisotopic (exact) mass is 228 g/mol. The molecule has 1 aliphatic carbocycles. The molecular weight excluding hydrogens is 200 g/mol. The molecule has 0 aliphatic heterocycles. The van der Waals surface area contributed by atoms with Crippen LogP contribution in [0.3, 0.4) is 0 Å². The van der Waals surface area contributed by atoms with E-state index < -0.39 is 0 Å². The third kappa shape index (κ3) is 4.04. The van der Waals surface area contributed by atoms with Crippen LogP contribution in [0.2, 0.25) is 0 Å². The maximum absolute atomic E-state index is 6.06. The van der Waals surface area contributed by atoms with Gasteiger partial charge in [0.25, 0.3) is 0 Å². The number of nitrogens with two attached hydrogens (primary N) is 1. The number of nitrogens with zero attached hydrogens (tertiary/aromatic N) is 1. The van der Waals surface area contributed by atoms with E-state index in [4.69, 9.17) is 10.5 Å². The van der Waals surface area contributed by atoms with Gasteiger partial charge in [0.1, 0.15) is 0 Å². The topological polar surface area (TPSA) is 38.5 Å². The normalized spacial score (nSPS) is 23.6. The van der Waals surface area contributed by atoms with Gasteiger partial charge in [0.15, 0.2) is 0 Å². The Labute approximate surface area is 100 Å². The van der Waals surface area contributed by atoms with Gasteiger partial charge in [-0.25, -0.2) is 0 Å². The Morgan fingerprint density at radius 2 is 1.69 bits per heavy atom. The van der Waals surface area contributed by atoms with Crippen LogP contribution in [0.15, 0.2) is 0 Å². The molecule has 1 saturated carbocycles. The quantitative estimate of drug-likeness (QED) is 0.780. The van der Waals surface area contributed by atoms with Crippen molar-refractivity contribution in [3.8, 4) is 0 Å². The molecule has 0 atom stereocenters. The number of rotatable bonds is 5. The second-order valence-corrected chi connectivity index (χ2v) is 6.20. The van der Waals surface area contributed by atoms with Crippen molar-refractivity contribution in [2.75, 3.05) is 33.8 Å². The predicted octanol–water partition coefficient (Wildman–Crippen LogP) is 1.86. The maximum Gasteiger partial charge on any atom is 0.0805 e. The fraction of sp³-hybridized carbons (Fsp3) is 1.00. The van der Waals surface area contributed by atoms with Gasteiger partial charge in [0.2, 0.25) is 0 Å². The highest BCUT2D eigenvalue weighted by molar-refractivity contribution is 4.91. The van der Waals surface area contributed by atoms with E-state index in [1.165, 1.54) is 12.8 Å². The molecule has 1 fully saturated rings. The molecule has 0 aromatic heterocycles. The van der Waals surface area contributed by atoms with Crippen LogP contribution < -0.4 is 5.73 Å². The zero-order valence-electron chi connectivity index (χ0n) is 11.4. The first-order valence-corrected chi connectivity index (χ1v) is 6.38. The molecule has 1 aliphatic rings. The summed E-state index contributed by atoms with van der Waals surface area (Å²) in [5.41, 5.74) is 6.34. The van der Waals surface area contributed by atoms with Crippen molar-refractivity contribution in [3.05, 3.63) is 0 Å². The van der Waals surface area contributed by atoms with Crippen molar-refractivity contribution in [3.63, 3.8) is 0 Å². The van der Waals surface area contributed by atoms with Crippen LogP contribution in [0.5, 0.6) is 0 Å². The van der Waals surface area contributed by atoms with Gasteiger partial charge >= 0.3 is 0 Å². The van der Waals surface area contributed by atoms with E-state index in [2.05, 4.69) is 32.8 Å².